The fourth-order valence-electron chi connectivity index (χ4n) is 5.58. The van der Waals surface area contributed by atoms with E-state index in [1.807, 2.05) is 30.3 Å². The number of allylic oxidation sites excluding steroid dienone is 1. The van der Waals surface area contributed by atoms with Crippen LogP contribution in [0.25, 0.3) is 16.6 Å². The molecule has 4 nitrogen and oxygen atoms in total. The quantitative estimate of drug-likeness (QED) is 0.513. The Morgan fingerprint density at radius 3 is 2.69 bits per heavy atom. The molecule has 0 spiro atoms. The number of nitrogens with one attached hydrogen (secondary N) is 1. The Labute approximate surface area is 189 Å². The van der Waals surface area contributed by atoms with Gasteiger partial charge in [-0.25, -0.2) is 9.37 Å². The van der Waals surface area contributed by atoms with Gasteiger partial charge in [0.15, 0.2) is 0 Å². The minimum Gasteiger partial charge on any atom is -0.389 e. The number of aryl methyl sites for hydroxylation is 1. The van der Waals surface area contributed by atoms with E-state index in [2.05, 4.69) is 34.1 Å². The molecule has 1 fully saturated rings. The summed E-state index contributed by atoms with van der Waals surface area (Å²) in [6, 6.07) is 14.9. The first-order chi connectivity index (χ1) is 15.5. The zero-order valence-electron chi connectivity index (χ0n) is 18.7. The van der Waals surface area contributed by atoms with Gasteiger partial charge in [-0.1, -0.05) is 30.3 Å². The number of fused-ring (bicyclic) bond motifs is 3. The van der Waals surface area contributed by atoms with Gasteiger partial charge in [0.1, 0.15) is 11.6 Å². The molecule has 168 valence electrons. The zero-order valence-corrected chi connectivity index (χ0v) is 18.7. The van der Waals surface area contributed by atoms with E-state index in [0.29, 0.717) is 5.92 Å². The van der Waals surface area contributed by atoms with E-state index in [1.54, 1.807) is 0 Å². The lowest BCUT2D eigenvalue weighted by molar-refractivity contribution is -0.0574. The Kier molecular flexibility index (Phi) is 5.87. The summed E-state index contributed by atoms with van der Waals surface area (Å²) in [5.74, 6) is 1.40. The summed E-state index contributed by atoms with van der Waals surface area (Å²) in [6.07, 6.45) is 8.00. The van der Waals surface area contributed by atoms with Crippen molar-refractivity contribution < 1.29 is 9.50 Å². The van der Waals surface area contributed by atoms with Crippen LogP contribution in [0.3, 0.4) is 0 Å². The second-order valence-electron chi connectivity index (χ2n) is 9.67. The Hall–Kier alpha value is -2.50. The Bertz CT molecular complexity index is 1070. The fraction of sp³-hybridized carbons (Fsp3) is 0.444. The molecule has 1 heterocycles. The van der Waals surface area contributed by atoms with E-state index in [1.165, 1.54) is 17.7 Å². The molecule has 2 bridgehead atoms. The normalized spacial score (nSPS) is 24.9. The van der Waals surface area contributed by atoms with Gasteiger partial charge in [-0.3, -0.25) is 0 Å². The summed E-state index contributed by atoms with van der Waals surface area (Å²) >= 11 is 0. The van der Waals surface area contributed by atoms with E-state index in [9.17, 15) is 9.50 Å². The lowest BCUT2D eigenvalue weighted by Gasteiger charge is -2.48. The second-order valence-corrected chi connectivity index (χ2v) is 9.67. The highest BCUT2D eigenvalue weighted by molar-refractivity contribution is 5.74. The van der Waals surface area contributed by atoms with Crippen LogP contribution in [-0.2, 0) is 6.42 Å². The van der Waals surface area contributed by atoms with Gasteiger partial charge >= 0.3 is 0 Å². The molecular weight excluding hydrogens is 401 g/mol. The van der Waals surface area contributed by atoms with Crippen LogP contribution in [0.4, 0.5) is 4.39 Å². The number of halogens is 1. The number of benzene rings is 2. The van der Waals surface area contributed by atoms with Crippen LogP contribution in [0.1, 0.15) is 43.5 Å². The van der Waals surface area contributed by atoms with Crippen molar-refractivity contribution in [3.8, 4) is 0 Å². The number of aromatic nitrogens is 2. The molecule has 5 heteroatoms. The molecule has 0 unspecified atom stereocenters. The smallest absolute Gasteiger partial charge is 0.123 e. The van der Waals surface area contributed by atoms with E-state index < -0.39 is 5.60 Å². The molecule has 0 amide bonds. The van der Waals surface area contributed by atoms with E-state index in [-0.39, 0.29) is 11.7 Å². The van der Waals surface area contributed by atoms with Crippen LogP contribution in [0, 0.1) is 17.7 Å². The molecule has 1 aromatic heterocycles. The van der Waals surface area contributed by atoms with E-state index in [0.717, 1.165) is 74.0 Å². The summed E-state index contributed by atoms with van der Waals surface area (Å²) in [4.78, 5) is 10.4. The standard InChI is InChI=1S/C27H32FN3O/c1-31(15-4-7-26-29-24-5-2-3-6-25(24)30-26)16-14-27(32)18-20-8-11-21(27)17-23(20)19-9-12-22(28)13-10-19/h2-3,5-6,9-10,12-13,17,20-21,32H,4,7-8,11,14-16,18H2,1H3,(H,29,30)/t20-,21+,27+/m0/s1. The maximum Gasteiger partial charge on any atom is 0.123 e. The highest BCUT2D eigenvalue weighted by atomic mass is 19.1. The molecule has 3 aromatic rings. The molecule has 0 saturated heterocycles. The first kappa shape index (κ1) is 21.4. The predicted octanol–water partition coefficient (Wildman–Crippen LogP) is 5.20. The molecule has 6 rings (SSSR count). The van der Waals surface area contributed by atoms with Gasteiger partial charge in [0.05, 0.1) is 16.6 Å². The molecule has 32 heavy (non-hydrogen) atoms. The van der Waals surface area contributed by atoms with Crippen molar-refractivity contribution in [2.45, 2.75) is 44.1 Å². The molecule has 2 aromatic carbocycles. The van der Waals surface area contributed by atoms with Crippen molar-refractivity contribution in [2.24, 2.45) is 11.8 Å². The Morgan fingerprint density at radius 1 is 1.12 bits per heavy atom. The van der Waals surface area contributed by atoms with E-state index in [4.69, 9.17) is 0 Å². The van der Waals surface area contributed by atoms with Gasteiger partial charge in [-0.05, 0) is 87.0 Å². The Morgan fingerprint density at radius 2 is 1.94 bits per heavy atom. The van der Waals surface area contributed by atoms with Crippen LogP contribution in [0.5, 0.6) is 0 Å². The number of rotatable bonds is 8. The SMILES string of the molecule is CN(CCCc1nc2ccccc2[nH]1)CC[C@@]1(O)C[C@@H]2CC[C@@H]1C=C2c1ccc(F)cc1. The van der Waals surface area contributed by atoms with Crippen LogP contribution in [0.15, 0.2) is 54.6 Å². The van der Waals surface area contributed by atoms with E-state index >= 15 is 0 Å². The van der Waals surface area contributed by atoms with Crippen molar-refractivity contribution in [3.63, 3.8) is 0 Å². The highest BCUT2D eigenvalue weighted by Gasteiger charge is 2.46. The molecule has 2 N–H and O–H groups in total. The molecular formula is C27H32FN3O. The summed E-state index contributed by atoms with van der Waals surface area (Å²) < 4.78 is 13.3. The minimum atomic E-state index is -0.626. The number of H-pyrrole nitrogens is 1. The maximum absolute atomic E-state index is 13.3. The maximum atomic E-state index is 13.3. The van der Waals surface area contributed by atoms with Crippen LogP contribution >= 0.6 is 0 Å². The van der Waals surface area contributed by atoms with Gasteiger partial charge in [0.25, 0.3) is 0 Å². The highest BCUT2D eigenvalue weighted by Crippen LogP contribution is 2.51. The second kappa shape index (κ2) is 8.80. The molecule has 3 atom stereocenters. The number of aliphatic hydroxyl groups is 1. The zero-order chi connectivity index (χ0) is 22.1. The van der Waals surface area contributed by atoms with Crippen LogP contribution in [-0.4, -0.2) is 45.7 Å². The monoisotopic (exact) mass is 433 g/mol. The summed E-state index contributed by atoms with van der Waals surface area (Å²) in [7, 11) is 2.14. The fourth-order valence-corrected chi connectivity index (χ4v) is 5.58. The van der Waals surface area contributed by atoms with Gasteiger partial charge in [0.2, 0.25) is 0 Å². The number of aromatic amines is 1. The third-order valence-electron chi connectivity index (χ3n) is 7.43. The lowest BCUT2D eigenvalue weighted by atomic mass is 9.61. The average molecular weight is 434 g/mol. The van der Waals surface area contributed by atoms with Gasteiger partial charge in [0, 0.05) is 18.9 Å². The topological polar surface area (TPSA) is 52.2 Å². The van der Waals surface area contributed by atoms with Crippen LogP contribution < -0.4 is 0 Å². The summed E-state index contributed by atoms with van der Waals surface area (Å²) in [5.41, 5.74) is 3.90. The van der Waals surface area contributed by atoms with Gasteiger partial charge < -0.3 is 15.0 Å². The van der Waals surface area contributed by atoms with Crippen molar-refractivity contribution in [2.75, 3.05) is 20.1 Å². The lowest BCUT2D eigenvalue weighted by Crippen LogP contribution is -2.48. The van der Waals surface area contributed by atoms with Gasteiger partial charge in [-0.15, -0.1) is 0 Å². The number of imidazole rings is 1. The largest absolute Gasteiger partial charge is 0.389 e. The van der Waals surface area contributed by atoms with Gasteiger partial charge in [-0.2, -0.15) is 0 Å². The summed E-state index contributed by atoms with van der Waals surface area (Å²) in [5, 5.41) is 11.5. The van der Waals surface area contributed by atoms with Crippen molar-refractivity contribution in [1.29, 1.82) is 0 Å². The molecule has 1 saturated carbocycles. The van der Waals surface area contributed by atoms with Crippen molar-refractivity contribution in [3.05, 3.63) is 71.8 Å². The Balaban J connectivity index is 1.14. The number of hydrogen-bond donors (Lipinski definition) is 2. The average Bonchev–Trinajstić information content (AvgIpc) is 3.21. The first-order valence-corrected chi connectivity index (χ1v) is 11.8. The third-order valence-corrected chi connectivity index (χ3v) is 7.43. The number of hydrogen-bond acceptors (Lipinski definition) is 3. The van der Waals surface area contributed by atoms with Crippen molar-refractivity contribution in [1.82, 2.24) is 14.9 Å². The molecule has 3 aliphatic rings. The van der Waals surface area contributed by atoms with Crippen molar-refractivity contribution >= 4 is 16.6 Å². The third kappa shape index (κ3) is 4.37. The predicted molar refractivity (Wildman–Crippen MR) is 127 cm³/mol. The number of nitrogens with zero attached hydrogens (tertiary/aromatic N) is 2. The van der Waals surface area contributed by atoms with Crippen LogP contribution in [0.2, 0.25) is 0 Å². The molecule has 0 radical (unpaired) electrons. The molecule has 0 aliphatic heterocycles. The minimum absolute atomic E-state index is 0.191. The number of para-hydroxylation sites is 2. The first-order valence-electron chi connectivity index (χ1n) is 11.8. The molecule has 3 aliphatic carbocycles. The summed E-state index contributed by atoms with van der Waals surface area (Å²) in [6.45, 7) is 1.87.